The first kappa shape index (κ1) is 22.0. The van der Waals surface area contributed by atoms with Crippen molar-refractivity contribution in [2.75, 3.05) is 0 Å². The van der Waals surface area contributed by atoms with Crippen LogP contribution in [0, 0.1) is 23.7 Å². The van der Waals surface area contributed by atoms with Crippen molar-refractivity contribution in [2.24, 2.45) is 23.7 Å². The minimum absolute atomic E-state index is 0.0746. The third-order valence-corrected chi connectivity index (χ3v) is 8.11. The van der Waals surface area contributed by atoms with E-state index < -0.39 is 12.1 Å². The van der Waals surface area contributed by atoms with E-state index in [1.165, 1.54) is 4.90 Å². The lowest BCUT2D eigenvalue weighted by molar-refractivity contribution is -0.150. The Bertz CT molecular complexity index is 640. The molecule has 2 saturated carbocycles. The van der Waals surface area contributed by atoms with E-state index in [2.05, 4.69) is 6.08 Å². The molecule has 4 aliphatic rings. The summed E-state index contributed by atoms with van der Waals surface area (Å²) in [5, 5.41) is 30.9. The summed E-state index contributed by atoms with van der Waals surface area (Å²) in [6.45, 7) is 0. The van der Waals surface area contributed by atoms with Gasteiger partial charge in [-0.15, -0.1) is 0 Å². The summed E-state index contributed by atoms with van der Waals surface area (Å²) >= 11 is 0. The van der Waals surface area contributed by atoms with Gasteiger partial charge in [-0.05, 0) is 87.9 Å². The number of carbonyl (C=O) groups is 2. The predicted octanol–water partition coefficient (Wildman–Crippen LogP) is 2.55. The normalized spacial score (nSPS) is 42.7. The second kappa shape index (κ2) is 9.49. The predicted molar refractivity (Wildman–Crippen MR) is 112 cm³/mol. The Balaban J connectivity index is 1.48. The molecule has 30 heavy (non-hydrogen) atoms. The summed E-state index contributed by atoms with van der Waals surface area (Å²) < 4.78 is 0. The van der Waals surface area contributed by atoms with E-state index in [1.807, 2.05) is 6.08 Å². The van der Waals surface area contributed by atoms with Gasteiger partial charge in [0.15, 0.2) is 0 Å². The van der Waals surface area contributed by atoms with Gasteiger partial charge in [0.2, 0.25) is 11.8 Å². The molecule has 1 saturated heterocycles. The average molecular weight is 420 g/mol. The number of carbonyl (C=O) groups excluding carboxylic acids is 2. The fourth-order valence-corrected chi connectivity index (χ4v) is 6.39. The minimum atomic E-state index is -0.677. The van der Waals surface area contributed by atoms with Crippen LogP contribution in [0.2, 0.25) is 0 Å². The number of likely N-dealkylation sites (tertiary alicyclic amines) is 1. The molecule has 0 aromatic carbocycles. The Labute approximate surface area is 179 Å². The summed E-state index contributed by atoms with van der Waals surface area (Å²) in [4.78, 5) is 26.5. The van der Waals surface area contributed by atoms with Crippen LogP contribution in [0.25, 0.3) is 0 Å². The van der Waals surface area contributed by atoms with E-state index in [4.69, 9.17) is 0 Å². The third kappa shape index (κ3) is 4.81. The van der Waals surface area contributed by atoms with Crippen LogP contribution in [0.4, 0.5) is 0 Å². The summed E-state index contributed by atoms with van der Waals surface area (Å²) in [6.07, 6.45) is 12.1. The van der Waals surface area contributed by atoms with Crippen LogP contribution in [0.5, 0.6) is 0 Å². The molecule has 4 rings (SSSR count). The molecule has 3 aliphatic carbocycles. The maximum Gasteiger partial charge on any atom is 0.230 e. The first-order chi connectivity index (χ1) is 14.4. The van der Waals surface area contributed by atoms with Crippen molar-refractivity contribution in [3.05, 3.63) is 12.2 Å². The van der Waals surface area contributed by atoms with Crippen LogP contribution < -0.4 is 0 Å². The van der Waals surface area contributed by atoms with Gasteiger partial charge in [0.05, 0.1) is 24.4 Å². The number of rotatable bonds is 5. The molecule has 6 atom stereocenters. The highest BCUT2D eigenvalue weighted by atomic mass is 16.3. The van der Waals surface area contributed by atoms with Crippen LogP contribution in [-0.2, 0) is 9.59 Å². The van der Waals surface area contributed by atoms with E-state index in [1.54, 1.807) is 0 Å². The number of amides is 2. The number of hydrogen-bond donors (Lipinski definition) is 3. The Morgan fingerprint density at radius 3 is 2.07 bits per heavy atom. The van der Waals surface area contributed by atoms with E-state index in [-0.39, 0.29) is 48.7 Å². The van der Waals surface area contributed by atoms with Crippen molar-refractivity contribution in [2.45, 2.75) is 101 Å². The van der Waals surface area contributed by atoms with Crippen molar-refractivity contribution in [1.82, 2.24) is 4.90 Å². The molecule has 6 unspecified atom stereocenters. The number of aliphatic hydroxyl groups is 3. The van der Waals surface area contributed by atoms with Crippen molar-refractivity contribution >= 4 is 11.8 Å². The van der Waals surface area contributed by atoms with Gasteiger partial charge in [0, 0.05) is 12.8 Å². The van der Waals surface area contributed by atoms with Gasteiger partial charge in [0.1, 0.15) is 0 Å². The van der Waals surface area contributed by atoms with Gasteiger partial charge < -0.3 is 15.3 Å². The number of allylic oxidation sites excluding steroid dienone is 1. The first-order valence-electron chi connectivity index (χ1n) is 12.0. The minimum Gasteiger partial charge on any atom is -0.393 e. The van der Waals surface area contributed by atoms with E-state index >= 15 is 0 Å². The standard InChI is InChI=1S/C24H37NO5/c26-19-7-1-15(2-8-19)13-17-5-6-18(14-16-3-9-20(27)10-4-16)24(30)23(17)25-21(28)11-12-22(25)29/h3,9,15-20,23-24,26-27,30H,1-2,4-8,10-14H2. The average Bonchev–Trinajstić information content (AvgIpc) is 3.06. The molecule has 0 aromatic rings. The van der Waals surface area contributed by atoms with Crippen LogP contribution in [0.3, 0.4) is 0 Å². The van der Waals surface area contributed by atoms with E-state index in [9.17, 15) is 24.9 Å². The topological polar surface area (TPSA) is 98.1 Å². The lowest BCUT2D eigenvalue weighted by atomic mass is 9.68. The molecule has 2 amide bonds. The highest BCUT2D eigenvalue weighted by Gasteiger charge is 2.48. The molecule has 0 bridgehead atoms. The molecule has 168 valence electrons. The molecule has 1 aliphatic heterocycles. The van der Waals surface area contributed by atoms with Crippen molar-refractivity contribution in [3.63, 3.8) is 0 Å². The fraction of sp³-hybridized carbons (Fsp3) is 0.833. The molecule has 0 radical (unpaired) electrons. The van der Waals surface area contributed by atoms with Crippen molar-refractivity contribution in [3.8, 4) is 0 Å². The van der Waals surface area contributed by atoms with E-state index in [0.29, 0.717) is 11.8 Å². The van der Waals surface area contributed by atoms with Crippen molar-refractivity contribution < 1.29 is 24.9 Å². The summed E-state index contributed by atoms with van der Waals surface area (Å²) in [5.74, 6) is 0.802. The van der Waals surface area contributed by atoms with Gasteiger partial charge in [0.25, 0.3) is 0 Å². The summed E-state index contributed by atoms with van der Waals surface area (Å²) in [6, 6.07) is -0.406. The second-order valence-corrected chi connectivity index (χ2v) is 10.2. The zero-order valence-corrected chi connectivity index (χ0v) is 17.9. The highest BCUT2D eigenvalue weighted by Crippen LogP contribution is 2.43. The maximum atomic E-state index is 12.6. The fourth-order valence-electron chi connectivity index (χ4n) is 6.39. The molecule has 6 nitrogen and oxygen atoms in total. The summed E-state index contributed by atoms with van der Waals surface area (Å²) in [7, 11) is 0. The molecule has 6 heteroatoms. The van der Waals surface area contributed by atoms with Crippen LogP contribution in [0.15, 0.2) is 12.2 Å². The number of imide groups is 1. The molecule has 3 fully saturated rings. The quantitative estimate of drug-likeness (QED) is 0.470. The highest BCUT2D eigenvalue weighted by molar-refractivity contribution is 6.02. The number of aliphatic hydroxyl groups excluding tert-OH is 3. The Morgan fingerprint density at radius 2 is 1.43 bits per heavy atom. The molecular weight excluding hydrogens is 382 g/mol. The van der Waals surface area contributed by atoms with E-state index in [0.717, 1.165) is 64.2 Å². The molecular formula is C24H37NO5. The lowest BCUT2D eigenvalue weighted by Crippen LogP contribution is -2.56. The van der Waals surface area contributed by atoms with Crippen LogP contribution >= 0.6 is 0 Å². The van der Waals surface area contributed by atoms with Gasteiger partial charge >= 0.3 is 0 Å². The van der Waals surface area contributed by atoms with Gasteiger partial charge in [-0.3, -0.25) is 14.5 Å². The van der Waals surface area contributed by atoms with Gasteiger partial charge in [-0.2, -0.15) is 0 Å². The molecule has 0 spiro atoms. The second-order valence-electron chi connectivity index (χ2n) is 10.2. The first-order valence-corrected chi connectivity index (χ1v) is 12.0. The van der Waals surface area contributed by atoms with Gasteiger partial charge in [-0.25, -0.2) is 0 Å². The van der Waals surface area contributed by atoms with Crippen molar-refractivity contribution in [1.29, 1.82) is 0 Å². The third-order valence-electron chi connectivity index (χ3n) is 8.11. The Hall–Kier alpha value is -1.24. The smallest absolute Gasteiger partial charge is 0.230 e. The van der Waals surface area contributed by atoms with Crippen LogP contribution in [0.1, 0.15) is 77.0 Å². The monoisotopic (exact) mass is 419 g/mol. The largest absolute Gasteiger partial charge is 0.393 e. The SMILES string of the molecule is O=C1CCC(=O)N1C1C(CC2CCC(O)CC2)CCC(CC2C=CC(O)CC2)C1O. The molecule has 3 N–H and O–H groups in total. The lowest BCUT2D eigenvalue weighted by Gasteiger charge is -2.46. The maximum absolute atomic E-state index is 12.6. The zero-order chi connectivity index (χ0) is 21.3. The molecule has 0 aromatic heterocycles. The zero-order valence-electron chi connectivity index (χ0n) is 17.9. The summed E-state index contributed by atoms with van der Waals surface area (Å²) in [5.41, 5.74) is 0. The van der Waals surface area contributed by atoms with Gasteiger partial charge in [-0.1, -0.05) is 12.2 Å². The Morgan fingerprint density at radius 1 is 0.767 bits per heavy atom. The molecule has 1 heterocycles. The number of nitrogens with zero attached hydrogens (tertiary/aromatic N) is 1. The Kier molecular flexibility index (Phi) is 6.95. The van der Waals surface area contributed by atoms with Crippen LogP contribution in [-0.4, -0.2) is 56.4 Å². The number of hydrogen-bond acceptors (Lipinski definition) is 5.